The van der Waals surface area contributed by atoms with Crippen molar-refractivity contribution in [1.82, 2.24) is 25.0 Å². The van der Waals surface area contributed by atoms with E-state index in [1.165, 1.54) is 4.90 Å². The van der Waals surface area contributed by atoms with Gasteiger partial charge in [0.05, 0.1) is 0 Å². The molecule has 2 heterocycles. The summed E-state index contributed by atoms with van der Waals surface area (Å²) in [6.07, 6.45) is 10.3. The van der Waals surface area contributed by atoms with Crippen molar-refractivity contribution in [2.75, 3.05) is 6.54 Å². The maximum atomic E-state index is 13.6. The first-order valence-electron chi connectivity index (χ1n) is 14.4. The van der Waals surface area contributed by atoms with Gasteiger partial charge >= 0.3 is 16.3 Å². The van der Waals surface area contributed by atoms with Gasteiger partial charge in [-0.3, -0.25) is 14.4 Å². The van der Waals surface area contributed by atoms with Crippen LogP contribution in [0.25, 0.3) is 0 Å². The third-order valence-corrected chi connectivity index (χ3v) is 9.08. The quantitative estimate of drug-likeness (QED) is 0.360. The van der Waals surface area contributed by atoms with Gasteiger partial charge in [0, 0.05) is 18.5 Å². The van der Waals surface area contributed by atoms with Crippen LogP contribution in [0.2, 0.25) is 0 Å². The van der Waals surface area contributed by atoms with Crippen LogP contribution in [0.5, 0.6) is 0 Å². The monoisotopic (exact) mass is 581 g/mol. The fourth-order valence-corrected chi connectivity index (χ4v) is 6.69. The molecule has 4 amide bonds. The van der Waals surface area contributed by atoms with E-state index in [1.54, 1.807) is 20.8 Å². The summed E-state index contributed by atoms with van der Waals surface area (Å²) in [5.41, 5.74) is -2.14. The van der Waals surface area contributed by atoms with Crippen molar-refractivity contribution in [2.45, 2.75) is 121 Å². The molecule has 2 saturated carbocycles. The first-order chi connectivity index (χ1) is 18.8. The molecule has 0 spiro atoms. The number of carbonyl (C=O) groups is 4. The normalized spacial score (nSPS) is 30.9. The van der Waals surface area contributed by atoms with E-state index in [0.717, 1.165) is 38.5 Å². The molecule has 0 aromatic rings. The average Bonchev–Trinajstić information content (AvgIpc) is 3.28. The molecular weight excluding hydrogens is 538 g/mol. The van der Waals surface area contributed by atoms with Crippen molar-refractivity contribution >= 4 is 34.0 Å². The van der Waals surface area contributed by atoms with Gasteiger partial charge in [0.2, 0.25) is 11.8 Å². The van der Waals surface area contributed by atoms with Crippen molar-refractivity contribution in [2.24, 2.45) is 5.92 Å². The van der Waals surface area contributed by atoms with Crippen molar-refractivity contribution in [3.8, 4) is 0 Å². The van der Waals surface area contributed by atoms with E-state index in [0.29, 0.717) is 32.2 Å². The summed E-state index contributed by atoms with van der Waals surface area (Å²) < 4.78 is 35.2. The van der Waals surface area contributed by atoms with Gasteiger partial charge in [0.15, 0.2) is 0 Å². The number of rotatable bonds is 5. The molecule has 4 atom stereocenters. The summed E-state index contributed by atoms with van der Waals surface area (Å²) >= 11 is 0. The van der Waals surface area contributed by atoms with Crippen LogP contribution < -0.4 is 20.1 Å². The lowest BCUT2D eigenvalue weighted by molar-refractivity contribution is -0.141. The highest BCUT2D eigenvalue weighted by Crippen LogP contribution is 2.45. The van der Waals surface area contributed by atoms with Gasteiger partial charge in [0.25, 0.3) is 5.91 Å². The van der Waals surface area contributed by atoms with Crippen LogP contribution in [0.3, 0.4) is 0 Å². The number of nitrogens with zero attached hydrogens (tertiary/aromatic N) is 1. The lowest BCUT2D eigenvalue weighted by Crippen LogP contribution is -2.59. The topological polar surface area (TPSA) is 163 Å². The molecule has 0 aromatic heterocycles. The standard InChI is InChI=1S/C27H43N5O7S/c1-26(2,3)39-25(36)28-20-14-8-6-4-5-7-11-18-17-27(18,24(35)31-40(37,38)30-19-12-9-13-19)29-22(33)21-15-10-16-32(21)23(20)34/h7,11,18-21,30H,4-6,8-10,12-17H2,1-3H3,(H,28,36)(H,29,33)(H,31,35)/b11-7-/t18-,20?,21+,27-/m1/s1. The molecule has 4 rings (SSSR count). The van der Waals surface area contributed by atoms with Crippen LogP contribution in [-0.2, 0) is 29.3 Å². The van der Waals surface area contributed by atoms with Crippen molar-refractivity contribution in [3.63, 3.8) is 0 Å². The third kappa shape index (κ3) is 7.54. The Balaban J connectivity index is 1.52. The summed E-state index contributed by atoms with van der Waals surface area (Å²) in [5.74, 6) is -2.01. The maximum absolute atomic E-state index is 13.6. The summed E-state index contributed by atoms with van der Waals surface area (Å²) in [5, 5.41) is 5.52. The first kappa shape index (κ1) is 30.3. The van der Waals surface area contributed by atoms with Crippen molar-refractivity contribution in [3.05, 3.63) is 12.2 Å². The Kier molecular flexibility index (Phi) is 9.13. The minimum atomic E-state index is -4.08. The molecule has 1 unspecified atom stereocenters. The number of amides is 4. The Hall–Kier alpha value is -2.67. The largest absolute Gasteiger partial charge is 0.444 e. The van der Waals surface area contributed by atoms with E-state index in [1.807, 2.05) is 12.2 Å². The van der Waals surface area contributed by atoms with Gasteiger partial charge in [-0.15, -0.1) is 0 Å². The molecule has 2 aliphatic heterocycles. The summed E-state index contributed by atoms with van der Waals surface area (Å²) in [6, 6.07) is -1.88. The zero-order valence-electron chi connectivity index (χ0n) is 23.7. The molecule has 224 valence electrons. The highest BCUT2D eigenvalue weighted by molar-refractivity contribution is 7.88. The number of nitrogens with one attached hydrogen (secondary N) is 4. The SMILES string of the molecule is CC(C)(C)OC(=O)NC1CCCCC/C=C\[C@@H]2C[C@@]2(C(=O)NS(=O)(=O)NC2CCC2)NC(=O)[C@@H]2CCCN2C1=O. The van der Waals surface area contributed by atoms with E-state index in [4.69, 9.17) is 4.74 Å². The predicted molar refractivity (Wildman–Crippen MR) is 147 cm³/mol. The number of ether oxygens (including phenoxy) is 1. The van der Waals surface area contributed by atoms with Gasteiger partial charge in [-0.2, -0.15) is 13.1 Å². The number of fused-ring (bicyclic) bond motifs is 2. The van der Waals surface area contributed by atoms with Gasteiger partial charge in [-0.1, -0.05) is 31.4 Å². The maximum Gasteiger partial charge on any atom is 0.408 e. The molecule has 0 bridgehead atoms. The Morgan fingerprint density at radius 2 is 1.80 bits per heavy atom. The molecule has 40 heavy (non-hydrogen) atoms. The lowest BCUT2D eigenvalue weighted by atomic mass is 9.94. The lowest BCUT2D eigenvalue weighted by Gasteiger charge is -2.31. The first-order valence-corrected chi connectivity index (χ1v) is 15.9. The van der Waals surface area contributed by atoms with Crippen LogP contribution in [0.4, 0.5) is 4.79 Å². The predicted octanol–water partition coefficient (Wildman–Crippen LogP) is 1.77. The Morgan fingerprint density at radius 3 is 2.48 bits per heavy atom. The van der Waals surface area contributed by atoms with Gasteiger partial charge in [-0.05, 0) is 72.1 Å². The highest BCUT2D eigenvalue weighted by atomic mass is 32.2. The zero-order valence-corrected chi connectivity index (χ0v) is 24.5. The van der Waals surface area contributed by atoms with E-state index in [2.05, 4.69) is 20.1 Å². The van der Waals surface area contributed by atoms with Crippen LogP contribution in [0, 0.1) is 5.92 Å². The fourth-order valence-electron chi connectivity index (χ4n) is 5.53. The van der Waals surface area contributed by atoms with Gasteiger partial charge < -0.3 is 20.3 Å². The molecule has 12 nitrogen and oxygen atoms in total. The molecule has 13 heteroatoms. The molecule has 0 radical (unpaired) electrons. The van der Waals surface area contributed by atoms with E-state index in [9.17, 15) is 27.6 Å². The highest BCUT2D eigenvalue weighted by Gasteiger charge is 2.61. The van der Waals surface area contributed by atoms with Gasteiger partial charge in [0.1, 0.15) is 23.2 Å². The van der Waals surface area contributed by atoms with E-state index >= 15 is 0 Å². The summed E-state index contributed by atoms with van der Waals surface area (Å²) in [7, 11) is -4.08. The Morgan fingerprint density at radius 1 is 1.05 bits per heavy atom. The zero-order chi connectivity index (χ0) is 29.1. The second kappa shape index (κ2) is 12.1. The Labute approximate surface area is 236 Å². The second-order valence-corrected chi connectivity index (χ2v) is 13.9. The molecule has 3 fully saturated rings. The second-order valence-electron chi connectivity index (χ2n) is 12.4. The smallest absolute Gasteiger partial charge is 0.408 e. The molecule has 0 aromatic carbocycles. The Bertz CT molecular complexity index is 1130. The number of hydrogen-bond acceptors (Lipinski definition) is 7. The van der Waals surface area contributed by atoms with Crippen LogP contribution >= 0.6 is 0 Å². The summed E-state index contributed by atoms with van der Waals surface area (Å²) in [4.78, 5) is 54.5. The molecule has 4 aliphatic rings. The van der Waals surface area contributed by atoms with Crippen LogP contribution in [-0.4, -0.2) is 72.9 Å². The number of alkyl carbamates (subject to hydrolysis) is 1. The van der Waals surface area contributed by atoms with Gasteiger partial charge in [-0.25, -0.2) is 9.52 Å². The van der Waals surface area contributed by atoms with Crippen LogP contribution in [0.15, 0.2) is 12.2 Å². The van der Waals surface area contributed by atoms with E-state index in [-0.39, 0.29) is 24.3 Å². The van der Waals surface area contributed by atoms with Crippen molar-refractivity contribution in [1.29, 1.82) is 0 Å². The van der Waals surface area contributed by atoms with E-state index < -0.39 is 51.3 Å². The molecular formula is C27H43N5O7S. The number of carbonyl (C=O) groups excluding carboxylic acids is 4. The minimum absolute atomic E-state index is 0.194. The molecule has 4 N–H and O–H groups in total. The number of allylic oxidation sites excluding steroid dienone is 1. The molecule has 1 saturated heterocycles. The number of hydrogen-bond donors (Lipinski definition) is 4. The third-order valence-electron chi connectivity index (χ3n) is 7.98. The fraction of sp³-hybridized carbons (Fsp3) is 0.778. The minimum Gasteiger partial charge on any atom is -0.444 e. The molecule has 2 aliphatic carbocycles. The summed E-state index contributed by atoms with van der Waals surface area (Å²) in [6.45, 7) is 5.56. The van der Waals surface area contributed by atoms with Crippen molar-refractivity contribution < 1.29 is 32.3 Å². The average molecular weight is 582 g/mol. The van der Waals surface area contributed by atoms with Crippen LogP contribution in [0.1, 0.15) is 91.4 Å².